The predicted molar refractivity (Wildman–Crippen MR) is 85.1 cm³/mol. The molecule has 2 rings (SSSR count). The molecule has 5 nitrogen and oxygen atoms in total. The van der Waals surface area contributed by atoms with Gasteiger partial charge in [-0.2, -0.15) is 0 Å². The molecule has 1 aliphatic heterocycles. The third kappa shape index (κ3) is 4.59. The van der Waals surface area contributed by atoms with Crippen LogP contribution in [0.3, 0.4) is 0 Å². The summed E-state index contributed by atoms with van der Waals surface area (Å²) >= 11 is 5.74. The van der Waals surface area contributed by atoms with Gasteiger partial charge in [0, 0.05) is 12.2 Å². The summed E-state index contributed by atoms with van der Waals surface area (Å²) in [5.74, 6) is 0.132. The van der Waals surface area contributed by atoms with Crippen LogP contribution in [0, 0.1) is 5.82 Å². The molecule has 22 heavy (non-hydrogen) atoms. The Morgan fingerprint density at radius 2 is 2.18 bits per heavy atom. The van der Waals surface area contributed by atoms with Crippen molar-refractivity contribution in [1.29, 1.82) is 0 Å². The number of hydrogen-bond acceptors (Lipinski definition) is 4. The molecule has 0 fully saturated rings. The summed E-state index contributed by atoms with van der Waals surface area (Å²) < 4.78 is 18.5. The minimum absolute atomic E-state index is 0.0328. The molecule has 0 spiro atoms. The number of ether oxygens (including phenoxy) is 1. The summed E-state index contributed by atoms with van der Waals surface area (Å²) in [5.41, 5.74) is 0.0835. The summed E-state index contributed by atoms with van der Waals surface area (Å²) in [6.45, 7) is 6.76. The van der Waals surface area contributed by atoms with Crippen LogP contribution in [0.15, 0.2) is 23.2 Å². The van der Waals surface area contributed by atoms with E-state index in [9.17, 15) is 9.18 Å². The van der Waals surface area contributed by atoms with E-state index in [-0.39, 0.29) is 11.1 Å². The molecule has 0 unspecified atom stereocenters. The van der Waals surface area contributed by atoms with Crippen LogP contribution in [0.2, 0.25) is 5.02 Å². The highest BCUT2D eigenvalue weighted by atomic mass is 35.5. The number of nitrogens with zero attached hydrogens (tertiary/aromatic N) is 2. The highest BCUT2D eigenvalue weighted by Gasteiger charge is 2.25. The second kappa shape index (κ2) is 6.52. The average Bonchev–Trinajstić information content (AvgIpc) is 2.41. The van der Waals surface area contributed by atoms with Crippen molar-refractivity contribution in [2.45, 2.75) is 26.4 Å². The Kier molecular flexibility index (Phi) is 4.90. The number of anilines is 1. The van der Waals surface area contributed by atoms with Gasteiger partial charge in [-0.05, 0) is 39.0 Å². The molecule has 1 amide bonds. The summed E-state index contributed by atoms with van der Waals surface area (Å²) in [6, 6.07) is 4.32. The SMILES string of the molecule is CC(C)(C)OC(=O)N1CCN=C(Nc2ccc(F)c(Cl)c2)C1. The molecule has 0 saturated heterocycles. The van der Waals surface area contributed by atoms with Gasteiger partial charge in [0.1, 0.15) is 17.3 Å². The van der Waals surface area contributed by atoms with Crippen LogP contribution in [0.5, 0.6) is 0 Å². The first-order chi connectivity index (χ1) is 10.2. The fourth-order valence-electron chi connectivity index (χ4n) is 1.92. The fourth-order valence-corrected chi connectivity index (χ4v) is 2.10. The monoisotopic (exact) mass is 327 g/mol. The zero-order valence-corrected chi connectivity index (χ0v) is 13.6. The van der Waals surface area contributed by atoms with Crippen molar-refractivity contribution in [3.63, 3.8) is 0 Å². The Hall–Kier alpha value is -1.82. The molecule has 1 aromatic carbocycles. The summed E-state index contributed by atoms with van der Waals surface area (Å²) in [5, 5.41) is 3.08. The molecule has 0 saturated carbocycles. The number of aliphatic imine (C=N–C) groups is 1. The predicted octanol–water partition coefficient (Wildman–Crippen LogP) is 3.54. The molecule has 120 valence electrons. The number of hydrogen-bond donors (Lipinski definition) is 1. The van der Waals surface area contributed by atoms with Crippen molar-refractivity contribution < 1.29 is 13.9 Å². The molecule has 0 radical (unpaired) electrons. The lowest BCUT2D eigenvalue weighted by Crippen LogP contribution is -2.45. The van der Waals surface area contributed by atoms with Crippen LogP contribution in [0.25, 0.3) is 0 Å². The van der Waals surface area contributed by atoms with Gasteiger partial charge in [0.15, 0.2) is 0 Å². The topological polar surface area (TPSA) is 53.9 Å². The maximum atomic E-state index is 13.1. The summed E-state index contributed by atoms with van der Waals surface area (Å²) in [6.07, 6.45) is -0.376. The van der Waals surface area contributed by atoms with Crippen molar-refractivity contribution >= 4 is 29.2 Å². The maximum absolute atomic E-state index is 13.1. The molecular weight excluding hydrogens is 309 g/mol. The van der Waals surface area contributed by atoms with Crippen molar-refractivity contribution in [3.05, 3.63) is 29.0 Å². The Morgan fingerprint density at radius 3 is 2.82 bits per heavy atom. The third-order valence-electron chi connectivity index (χ3n) is 2.87. The van der Waals surface area contributed by atoms with Gasteiger partial charge >= 0.3 is 6.09 Å². The first-order valence-electron chi connectivity index (χ1n) is 6.98. The van der Waals surface area contributed by atoms with E-state index in [1.165, 1.54) is 12.1 Å². The number of carbonyl (C=O) groups excluding carboxylic acids is 1. The molecule has 0 bridgehead atoms. The van der Waals surface area contributed by atoms with Crippen LogP contribution < -0.4 is 5.32 Å². The molecular formula is C15H19ClFN3O2. The number of halogens is 2. The van der Waals surface area contributed by atoms with Crippen molar-refractivity contribution in [2.75, 3.05) is 25.0 Å². The van der Waals surface area contributed by atoms with E-state index in [1.54, 1.807) is 11.0 Å². The lowest BCUT2D eigenvalue weighted by molar-refractivity contribution is 0.0278. The minimum Gasteiger partial charge on any atom is -0.444 e. The third-order valence-corrected chi connectivity index (χ3v) is 3.16. The van der Waals surface area contributed by atoms with E-state index in [2.05, 4.69) is 10.3 Å². The van der Waals surface area contributed by atoms with Crippen molar-refractivity contribution in [2.24, 2.45) is 4.99 Å². The first kappa shape index (κ1) is 16.5. The smallest absolute Gasteiger partial charge is 0.410 e. The Balaban J connectivity index is 2.00. The van der Waals surface area contributed by atoms with E-state index in [0.29, 0.717) is 31.2 Å². The number of amides is 1. The highest BCUT2D eigenvalue weighted by molar-refractivity contribution is 6.31. The number of carbonyl (C=O) groups is 1. The lowest BCUT2D eigenvalue weighted by Gasteiger charge is -2.30. The Labute approximate surface area is 134 Å². The van der Waals surface area contributed by atoms with Gasteiger partial charge in [-0.15, -0.1) is 0 Å². The fraction of sp³-hybridized carbons (Fsp3) is 0.467. The zero-order valence-electron chi connectivity index (χ0n) is 12.8. The van der Waals surface area contributed by atoms with E-state index in [4.69, 9.17) is 16.3 Å². The van der Waals surface area contributed by atoms with Crippen LogP contribution in [0.4, 0.5) is 14.9 Å². The highest BCUT2D eigenvalue weighted by Crippen LogP contribution is 2.20. The molecule has 1 aliphatic rings. The molecule has 1 aromatic rings. The van der Waals surface area contributed by atoms with E-state index in [1.807, 2.05) is 20.8 Å². The van der Waals surface area contributed by atoms with Gasteiger partial charge in [-0.3, -0.25) is 9.89 Å². The van der Waals surface area contributed by atoms with Gasteiger partial charge in [0.05, 0.1) is 18.1 Å². The van der Waals surface area contributed by atoms with Crippen molar-refractivity contribution in [3.8, 4) is 0 Å². The van der Waals surface area contributed by atoms with E-state index in [0.717, 1.165) is 0 Å². The summed E-state index contributed by atoms with van der Waals surface area (Å²) in [4.78, 5) is 18.0. The molecule has 0 aliphatic carbocycles. The molecule has 7 heteroatoms. The standard InChI is InChI=1S/C15H19ClFN3O2/c1-15(2,3)22-14(21)20-7-6-18-13(9-20)19-10-4-5-12(17)11(16)8-10/h4-5,8H,6-7,9H2,1-3H3,(H,18,19). The van der Waals surface area contributed by atoms with Crippen LogP contribution in [-0.4, -0.2) is 42.1 Å². The second-order valence-electron chi connectivity index (χ2n) is 5.98. The Morgan fingerprint density at radius 1 is 1.45 bits per heavy atom. The van der Waals surface area contributed by atoms with Gasteiger partial charge in [0.25, 0.3) is 0 Å². The van der Waals surface area contributed by atoms with E-state index >= 15 is 0 Å². The first-order valence-corrected chi connectivity index (χ1v) is 7.36. The maximum Gasteiger partial charge on any atom is 0.410 e. The van der Waals surface area contributed by atoms with Crippen LogP contribution in [0.1, 0.15) is 20.8 Å². The molecule has 0 aromatic heterocycles. The number of benzene rings is 1. The van der Waals surface area contributed by atoms with Crippen LogP contribution >= 0.6 is 11.6 Å². The van der Waals surface area contributed by atoms with Gasteiger partial charge in [-0.1, -0.05) is 11.6 Å². The normalized spacial score (nSPS) is 15.3. The number of nitrogens with one attached hydrogen (secondary N) is 1. The molecule has 0 atom stereocenters. The largest absolute Gasteiger partial charge is 0.444 e. The number of rotatable bonds is 1. The van der Waals surface area contributed by atoms with Crippen molar-refractivity contribution in [1.82, 2.24) is 4.90 Å². The van der Waals surface area contributed by atoms with Crippen LogP contribution in [-0.2, 0) is 4.74 Å². The van der Waals surface area contributed by atoms with Gasteiger partial charge in [-0.25, -0.2) is 9.18 Å². The Bertz CT molecular complexity index is 599. The molecule has 1 N–H and O–H groups in total. The average molecular weight is 328 g/mol. The second-order valence-corrected chi connectivity index (χ2v) is 6.39. The van der Waals surface area contributed by atoms with Gasteiger partial charge in [0.2, 0.25) is 0 Å². The number of amidine groups is 1. The quantitative estimate of drug-likeness (QED) is 0.858. The zero-order chi connectivity index (χ0) is 16.3. The molecule has 1 heterocycles. The summed E-state index contributed by atoms with van der Waals surface area (Å²) in [7, 11) is 0. The van der Waals surface area contributed by atoms with E-state index < -0.39 is 11.4 Å². The lowest BCUT2D eigenvalue weighted by atomic mass is 10.2. The van der Waals surface area contributed by atoms with Gasteiger partial charge < -0.3 is 10.1 Å². The minimum atomic E-state index is -0.538.